The van der Waals surface area contributed by atoms with Gasteiger partial charge in [-0.15, -0.1) is 0 Å². The van der Waals surface area contributed by atoms with E-state index in [9.17, 15) is 5.11 Å². The molecule has 0 spiro atoms. The molecule has 0 aliphatic carbocycles. The van der Waals surface area contributed by atoms with Crippen molar-refractivity contribution in [3.63, 3.8) is 0 Å². The molecule has 0 aromatic carbocycles. The van der Waals surface area contributed by atoms with Gasteiger partial charge in [0.1, 0.15) is 0 Å². The van der Waals surface area contributed by atoms with E-state index in [-0.39, 0.29) is 6.10 Å². The fourth-order valence-electron chi connectivity index (χ4n) is 1.94. The lowest BCUT2D eigenvalue weighted by atomic mass is 10.2. The Kier molecular flexibility index (Phi) is 4.66. The number of hydrogen-bond donors (Lipinski definition) is 4. The maximum atomic E-state index is 9.29. The van der Waals surface area contributed by atoms with Crippen LogP contribution in [0.25, 0.3) is 0 Å². The average molecular weight is 232 g/mol. The number of piperazine rings is 1. The number of aliphatic hydroxyl groups is 1. The van der Waals surface area contributed by atoms with Gasteiger partial charge in [-0.1, -0.05) is 0 Å². The number of nitrogens with zero attached hydrogens (tertiary/aromatic N) is 1. The summed E-state index contributed by atoms with van der Waals surface area (Å²) in [5.41, 5.74) is 0. The zero-order valence-electron chi connectivity index (χ0n) is 8.80. The van der Waals surface area contributed by atoms with Gasteiger partial charge in [-0.25, -0.2) is 9.59 Å². The standard InChI is InChI=1S/C7H14N2O.C2H2O4/c10-7-3-6-4-8-1-2-9(6)5-7;3-1(4)2(5)6/h6-8,10H,1-5H2;(H,3,4)(H,5,6)/t6-,7?;/m1./s1. The molecule has 0 aromatic rings. The number of carbonyl (C=O) groups is 2. The number of rotatable bonds is 0. The van der Waals surface area contributed by atoms with Crippen LogP contribution in [-0.2, 0) is 9.59 Å². The van der Waals surface area contributed by atoms with Crippen LogP contribution in [0, 0.1) is 0 Å². The topological polar surface area (TPSA) is 110 Å². The normalized spacial score (nSPS) is 28.8. The first kappa shape index (κ1) is 12.9. The van der Waals surface area contributed by atoms with Gasteiger partial charge in [0.2, 0.25) is 0 Å². The summed E-state index contributed by atoms with van der Waals surface area (Å²) in [4.78, 5) is 20.6. The zero-order chi connectivity index (χ0) is 12.1. The minimum Gasteiger partial charge on any atom is -0.473 e. The molecule has 2 aliphatic heterocycles. The lowest BCUT2D eigenvalue weighted by Gasteiger charge is -2.29. The minimum absolute atomic E-state index is 0.0649. The third-order valence-electron chi connectivity index (χ3n) is 2.64. The molecule has 2 fully saturated rings. The third kappa shape index (κ3) is 3.76. The predicted octanol–water partition coefficient (Wildman–Crippen LogP) is -1.82. The highest BCUT2D eigenvalue weighted by Crippen LogP contribution is 2.18. The van der Waals surface area contributed by atoms with Crippen molar-refractivity contribution in [2.24, 2.45) is 0 Å². The molecule has 0 radical (unpaired) electrons. The second-order valence-electron chi connectivity index (χ2n) is 3.85. The number of hydrogen-bond acceptors (Lipinski definition) is 5. The van der Waals surface area contributed by atoms with Crippen molar-refractivity contribution in [1.82, 2.24) is 10.2 Å². The molecule has 0 bridgehead atoms. The first-order valence-electron chi connectivity index (χ1n) is 5.09. The lowest BCUT2D eigenvalue weighted by Crippen LogP contribution is -2.47. The summed E-state index contributed by atoms with van der Waals surface area (Å²) in [5, 5.41) is 27.4. The average Bonchev–Trinajstić information content (AvgIpc) is 2.58. The first-order chi connectivity index (χ1) is 7.50. The monoisotopic (exact) mass is 232 g/mol. The molecule has 2 atom stereocenters. The Balaban J connectivity index is 0.000000187. The largest absolute Gasteiger partial charge is 0.473 e. The van der Waals surface area contributed by atoms with E-state index in [1.54, 1.807) is 0 Å². The molecular formula is C9H16N2O5. The van der Waals surface area contributed by atoms with Gasteiger partial charge < -0.3 is 20.6 Å². The highest BCUT2D eigenvalue weighted by atomic mass is 16.4. The van der Waals surface area contributed by atoms with E-state index in [1.807, 2.05) is 0 Å². The number of fused-ring (bicyclic) bond motifs is 1. The van der Waals surface area contributed by atoms with Crippen LogP contribution in [0.4, 0.5) is 0 Å². The van der Waals surface area contributed by atoms with Crippen molar-refractivity contribution in [1.29, 1.82) is 0 Å². The molecule has 7 heteroatoms. The summed E-state index contributed by atoms with van der Waals surface area (Å²) in [6.07, 6.45) is 0.900. The van der Waals surface area contributed by atoms with Gasteiger partial charge in [0.15, 0.2) is 0 Å². The Labute approximate surface area is 92.7 Å². The first-order valence-corrected chi connectivity index (χ1v) is 5.09. The van der Waals surface area contributed by atoms with E-state index in [0.29, 0.717) is 6.04 Å². The van der Waals surface area contributed by atoms with E-state index >= 15 is 0 Å². The van der Waals surface area contributed by atoms with Crippen molar-refractivity contribution >= 4 is 11.9 Å². The van der Waals surface area contributed by atoms with E-state index in [2.05, 4.69) is 10.2 Å². The smallest absolute Gasteiger partial charge is 0.414 e. The van der Waals surface area contributed by atoms with Crippen molar-refractivity contribution in [3.05, 3.63) is 0 Å². The molecule has 2 aliphatic rings. The molecule has 0 amide bonds. The number of aliphatic carboxylic acids is 2. The predicted molar refractivity (Wildman–Crippen MR) is 54.1 cm³/mol. The number of nitrogens with one attached hydrogen (secondary N) is 1. The van der Waals surface area contributed by atoms with E-state index in [1.165, 1.54) is 0 Å². The van der Waals surface area contributed by atoms with Crippen LogP contribution in [0.2, 0.25) is 0 Å². The molecule has 2 heterocycles. The van der Waals surface area contributed by atoms with Gasteiger partial charge in [-0.05, 0) is 6.42 Å². The number of carboxylic acid groups (broad SMARTS) is 2. The van der Waals surface area contributed by atoms with Crippen molar-refractivity contribution < 1.29 is 24.9 Å². The Morgan fingerprint density at radius 1 is 1.25 bits per heavy atom. The summed E-state index contributed by atoms with van der Waals surface area (Å²) in [6, 6.07) is 0.615. The van der Waals surface area contributed by atoms with Crippen LogP contribution in [0.3, 0.4) is 0 Å². The Morgan fingerprint density at radius 2 is 1.88 bits per heavy atom. The molecule has 7 nitrogen and oxygen atoms in total. The second-order valence-corrected chi connectivity index (χ2v) is 3.85. The quantitative estimate of drug-likeness (QED) is 0.364. The summed E-state index contributed by atoms with van der Waals surface area (Å²) in [6.45, 7) is 4.16. The number of carboxylic acids is 2. The van der Waals surface area contributed by atoms with E-state index in [4.69, 9.17) is 19.8 Å². The Bertz CT molecular complexity index is 245. The maximum absolute atomic E-state index is 9.29. The van der Waals surface area contributed by atoms with Crippen LogP contribution in [-0.4, -0.2) is 70.5 Å². The highest BCUT2D eigenvalue weighted by Gasteiger charge is 2.31. The summed E-state index contributed by atoms with van der Waals surface area (Å²) in [7, 11) is 0. The molecule has 4 N–H and O–H groups in total. The van der Waals surface area contributed by atoms with Crippen LogP contribution in [0.15, 0.2) is 0 Å². The van der Waals surface area contributed by atoms with E-state index < -0.39 is 11.9 Å². The molecule has 92 valence electrons. The number of aliphatic hydroxyl groups excluding tert-OH is 1. The van der Waals surface area contributed by atoms with Gasteiger partial charge >= 0.3 is 11.9 Å². The summed E-state index contributed by atoms with van der Waals surface area (Å²) < 4.78 is 0. The third-order valence-corrected chi connectivity index (χ3v) is 2.64. The van der Waals surface area contributed by atoms with Crippen LogP contribution >= 0.6 is 0 Å². The molecule has 16 heavy (non-hydrogen) atoms. The van der Waals surface area contributed by atoms with Gasteiger partial charge in [-0.3, -0.25) is 4.90 Å². The van der Waals surface area contributed by atoms with Crippen molar-refractivity contribution in [2.45, 2.75) is 18.6 Å². The van der Waals surface area contributed by atoms with Gasteiger partial charge in [0, 0.05) is 32.2 Å². The van der Waals surface area contributed by atoms with Crippen molar-refractivity contribution in [2.75, 3.05) is 26.2 Å². The second kappa shape index (κ2) is 5.78. The minimum atomic E-state index is -1.82. The van der Waals surface area contributed by atoms with Gasteiger partial charge in [-0.2, -0.15) is 0 Å². The van der Waals surface area contributed by atoms with Crippen LogP contribution in [0.1, 0.15) is 6.42 Å². The lowest BCUT2D eigenvalue weighted by molar-refractivity contribution is -0.159. The molecule has 0 saturated carbocycles. The molecule has 1 unspecified atom stereocenters. The zero-order valence-corrected chi connectivity index (χ0v) is 8.80. The maximum Gasteiger partial charge on any atom is 0.414 e. The summed E-state index contributed by atoms with van der Waals surface area (Å²) in [5.74, 6) is -3.65. The SMILES string of the molecule is O=C(O)C(=O)O.OC1C[C@@H]2CNCCN2C1. The molecule has 2 rings (SSSR count). The van der Waals surface area contributed by atoms with Gasteiger partial charge in [0.25, 0.3) is 0 Å². The van der Waals surface area contributed by atoms with Crippen LogP contribution in [0.5, 0.6) is 0 Å². The van der Waals surface area contributed by atoms with Gasteiger partial charge in [0.05, 0.1) is 6.10 Å². The Morgan fingerprint density at radius 3 is 2.38 bits per heavy atom. The van der Waals surface area contributed by atoms with Crippen molar-refractivity contribution in [3.8, 4) is 0 Å². The fourth-order valence-corrected chi connectivity index (χ4v) is 1.94. The molecule has 2 saturated heterocycles. The molecular weight excluding hydrogens is 216 g/mol. The summed E-state index contributed by atoms with van der Waals surface area (Å²) >= 11 is 0. The van der Waals surface area contributed by atoms with Crippen LogP contribution < -0.4 is 5.32 Å². The Hall–Kier alpha value is -1.18. The molecule has 0 aromatic heterocycles. The highest BCUT2D eigenvalue weighted by molar-refractivity contribution is 6.27. The fraction of sp³-hybridized carbons (Fsp3) is 0.778. The van der Waals surface area contributed by atoms with E-state index in [0.717, 1.165) is 32.6 Å².